The van der Waals surface area contributed by atoms with Crippen LogP contribution in [0.4, 0.5) is 0 Å². The highest BCUT2D eigenvalue weighted by molar-refractivity contribution is 5.76. The van der Waals surface area contributed by atoms with Gasteiger partial charge in [-0.2, -0.15) is 0 Å². The summed E-state index contributed by atoms with van der Waals surface area (Å²) in [7, 11) is 1.67. The van der Waals surface area contributed by atoms with Crippen LogP contribution in [0.2, 0.25) is 0 Å². The molecule has 0 aliphatic carbocycles. The standard InChI is InChI=1S/C14H27NO3/c1-12(2)11-15(8-10-17-3)14(16)7-6-13-5-4-9-18-13/h12-13H,4-11H2,1-3H3. The van der Waals surface area contributed by atoms with Gasteiger partial charge in [-0.25, -0.2) is 0 Å². The fourth-order valence-electron chi connectivity index (χ4n) is 2.27. The van der Waals surface area contributed by atoms with Gasteiger partial charge < -0.3 is 14.4 Å². The summed E-state index contributed by atoms with van der Waals surface area (Å²) in [6.07, 6.45) is 4.01. The lowest BCUT2D eigenvalue weighted by Crippen LogP contribution is -2.37. The van der Waals surface area contributed by atoms with Gasteiger partial charge in [-0.15, -0.1) is 0 Å². The predicted octanol–water partition coefficient (Wildman–Crippen LogP) is 2.08. The fraction of sp³-hybridized carbons (Fsp3) is 0.929. The molecule has 106 valence electrons. The molecule has 0 aromatic carbocycles. The van der Waals surface area contributed by atoms with Crippen molar-refractivity contribution in [2.45, 2.75) is 45.6 Å². The van der Waals surface area contributed by atoms with Crippen LogP contribution >= 0.6 is 0 Å². The number of methoxy groups -OCH3 is 1. The molecule has 1 aliphatic heterocycles. The minimum absolute atomic E-state index is 0.233. The van der Waals surface area contributed by atoms with Crippen LogP contribution in [-0.2, 0) is 14.3 Å². The Labute approximate surface area is 111 Å². The molecule has 1 unspecified atom stereocenters. The predicted molar refractivity (Wildman–Crippen MR) is 71.5 cm³/mol. The van der Waals surface area contributed by atoms with E-state index in [4.69, 9.17) is 9.47 Å². The summed E-state index contributed by atoms with van der Waals surface area (Å²) in [5.41, 5.74) is 0. The van der Waals surface area contributed by atoms with Crippen molar-refractivity contribution >= 4 is 5.91 Å². The molecule has 0 radical (unpaired) electrons. The van der Waals surface area contributed by atoms with Crippen LogP contribution in [0.15, 0.2) is 0 Å². The maximum Gasteiger partial charge on any atom is 0.222 e. The van der Waals surface area contributed by atoms with Gasteiger partial charge in [0.15, 0.2) is 0 Å². The molecular formula is C14H27NO3. The normalized spacial score (nSPS) is 19.4. The van der Waals surface area contributed by atoms with Crippen LogP contribution in [-0.4, -0.2) is 50.3 Å². The quantitative estimate of drug-likeness (QED) is 0.668. The maximum atomic E-state index is 12.2. The lowest BCUT2D eigenvalue weighted by atomic mass is 10.1. The van der Waals surface area contributed by atoms with Crippen molar-refractivity contribution in [2.24, 2.45) is 5.92 Å². The second-order valence-electron chi connectivity index (χ2n) is 5.40. The zero-order valence-electron chi connectivity index (χ0n) is 12.0. The molecule has 1 atom stereocenters. The molecule has 1 amide bonds. The molecule has 1 saturated heterocycles. The first-order valence-electron chi connectivity index (χ1n) is 7.01. The van der Waals surface area contributed by atoms with E-state index in [0.717, 1.165) is 32.4 Å². The first-order chi connectivity index (χ1) is 8.63. The highest BCUT2D eigenvalue weighted by atomic mass is 16.5. The van der Waals surface area contributed by atoms with E-state index in [1.807, 2.05) is 4.90 Å². The number of ether oxygens (including phenoxy) is 2. The summed E-state index contributed by atoms with van der Waals surface area (Å²) < 4.78 is 10.6. The van der Waals surface area contributed by atoms with Gasteiger partial charge in [-0.05, 0) is 25.2 Å². The van der Waals surface area contributed by atoms with Crippen LogP contribution in [0.25, 0.3) is 0 Å². The molecule has 1 heterocycles. The first kappa shape index (κ1) is 15.4. The summed E-state index contributed by atoms with van der Waals surface area (Å²) in [5, 5.41) is 0. The Hall–Kier alpha value is -0.610. The Morgan fingerprint density at radius 1 is 1.50 bits per heavy atom. The Morgan fingerprint density at radius 2 is 2.28 bits per heavy atom. The lowest BCUT2D eigenvalue weighted by molar-refractivity contribution is -0.133. The van der Waals surface area contributed by atoms with Gasteiger partial charge in [0, 0.05) is 33.2 Å². The molecule has 1 aliphatic rings. The largest absolute Gasteiger partial charge is 0.383 e. The van der Waals surface area contributed by atoms with E-state index in [2.05, 4.69) is 13.8 Å². The first-order valence-corrected chi connectivity index (χ1v) is 7.01. The molecule has 18 heavy (non-hydrogen) atoms. The number of amides is 1. The molecule has 1 rings (SSSR count). The molecule has 0 aromatic heterocycles. The Kier molecular flexibility index (Phi) is 7.28. The summed E-state index contributed by atoms with van der Waals surface area (Å²) in [4.78, 5) is 14.1. The average Bonchev–Trinajstić information content (AvgIpc) is 2.84. The highest BCUT2D eigenvalue weighted by Gasteiger charge is 2.19. The molecule has 1 fully saturated rings. The van der Waals surface area contributed by atoms with Crippen molar-refractivity contribution in [3.8, 4) is 0 Å². The minimum Gasteiger partial charge on any atom is -0.383 e. The molecule has 4 nitrogen and oxygen atoms in total. The summed E-state index contributed by atoms with van der Waals surface area (Å²) in [6.45, 7) is 7.24. The van der Waals surface area contributed by atoms with E-state index in [9.17, 15) is 4.79 Å². The van der Waals surface area contributed by atoms with Gasteiger partial charge in [0.1, 0.15) is 0 Å². The summed E-state index contributed by atoms with van der Waals surface area (Å²) in [5.74, 6) is 0.727. The van der Waals surface area contributed by atoms with Crippen molar-refractivity contribution in [1.82, 2.24) is 4.90 Å². The minimum atomic E-state index is 0.233. The van der Waals surface area contributed by atoms with Crippen molar-refractivity contribution in [3.63, 3.8) is 0 Å². The van der Waals surface area contributed by atoms with Crippen molar-refractivity contribution in [2.75, 3.05) is 33.4 Å². The number of hydrogen-bond donors (Lipinski definition) is 0. The summed E-state index contributed by atoms with van der Waals surface area (Å²) in [6, 6.07) is 0. The second-order valence-corrected chi connectivity index (χ2v) is 5.40. The molecule has 0 bridgehead atoms. The molecule has 0 spiro atoms. The van der Waals surface area contributed by atoms with Crippen LogP contribution in [0, 0.1) is 5.92 Å². The number of nitrogens with zero attached hydrogens (tertiary/aromatic N) is 1. The van der Waals surface area contributed by atoms with Crippen molar-refractivity contribution in [1.29, 1.82) is 0 Å². The molecule has 4 heteroatoms. The van der Waals surface area contributed by atoms with Gasteiger partial charge in [0.25, 0.3) is 0 Å². The third-order valence-electron chi connectivity index (χ3n) is 3.21. The Bertz CT molecular complexity index is 237. The highest BCUT2D eigenvalue weighted by Crippen LogP contribution is 2.17. The third-order valence-corrected chi connectivity index (χ3v) is 3.21. The maximum absolute atomic E-state index is 12.2. The fourth-order valence-corrected chi connectivity index (χ4v) is 2.27. The number of rotatable bonds is 8. The van der Waals surface area contributed by atoms with Gasteiger partial charge in [-0.1, -0.05) is 13.8 Å². The van der Waals surface area contributed by atoms with Crippen LogP contribution in [0.1, 0.15) is 39.5 Å². The summed E-state index contributed by atoms with van der Waals surface area (Å²) >= 11 is 0. The van der Waals surface area contributed by atoms with E-state index in [-0.39, 0.29) is 5.91 Å². The van der Waals surface area contributed by atoms with Gasteiger partial charge in [0.2, 0.25) is 5.91 Å². The number of carbonyl (C=O) groups excluding carboxylic acids is 1. The van der Waals surface area contributed by atoms with Gasteiger partial charge in [0.05, 0.1) is 12.7 Å². The van der Waals surface area contributed by atoms with Crippen molar-refractivity contribution < 1.29 is 14.3 Å². The van der Waals surface area contributed by atoms with E-state index >= 15 is 0 Å². The van der Waals surface area contributed by atoms with E-state index in [1.54, 1.807) is 7.11 Å². The van der Waals surface area contributed by atoms with Crippen LogP contribution in [0.3, 0.4) is 0 Å². The topological polar surface area (TPSA) is 38.8 Å². The third kappa shape index (κ3) is 5.83. The number of carbonyl (C=O) groups is 1. The van der Waals surface area contributed by atoms with Gasteiger partial charge >= 0.3 is 0 Å². The number of hydrogen-bond acceptors (Lipinski definition) is 3. The van der Waals surface area contributed by atoms with E-state index in [0.29, 0.717) is 31.6 Å². The monoisotopic (exact) mass is 257 g/mol. The van der Waals surface area contributed by atoms with Gasteiger partial charge in [-0.3, -0.25) is 4.79 Å². The Morgan fingerprint density at radius 3 is 2.83 bits per heavy atom. The SMILES string of the molecule is COCCN(CC(C)C)C(=O)CCC1CCCO1. The van der Waals surface area contributed by atoms with Crippen molar-refractivity contribution in [3.05, 3.63) is 0 Å². The lowest BCUT2D eigenvalue weighted by Gasteiger charge is -2.24. The zero-order valence-corrected chi connectivity index (χ0v) is 12.0. The van der Waals surface area contributed by atoms with Crippen LogP contribution < -0.4 is 0 Å². The average molecular weight is 257 g/mol. The Balaban J connectivity index is 2.31. The molecule has 0 aromatic rings. The smallest absolute Gasteiger partial charge is 0.222 e. The molecular weight excluding hydrogens is 230 g/mol. The van der Waals surface area contributed by atoms with E-state index in [1.165, 1.54) is 0 Å². The zero-order chi connectivity index (χ0) is 13.4. The second kappa shape index (κ2) is 8.48. The van der Waals surface area contributed by atoms with E-state index < -0.39 is 0 Å². The van der Waals surface area contributed by atoms with Crippen LogP contribution in [0.5, 0.6) is 0 Å². The molecule has 0 saturated carbocycles. The molecule has 0 N–H and O–H groups in total.